The molecular weight excluding hydrogens is 521 g/mol. The number of carbonyl (C=O) groups excluding carboxylic acids is 1. The van der Waals surface area contributed by atoms with Crippen molar-refractivity contribution in [1.82, 2.24) is 19.8 Å². The van der Waals surface area contributed by atoms with E-state index in [1.807, 2.05) is 18.2 Å². The minimum absolute atomic E-state index is 0.149. The van der Waals surface area contributed by atoms with Crippen LogP contribution in [-0.2, 0) is 4.79 Å². The zero-order chi connectivity index (χ0) is 28.6. The average molecular weight is 556 g/mol. The largest absolute Gasteiger partial charge is 0.352 e. The third-order valence-corrected chi connectivity index (χ3v) is 7.93. The lowest BCUT2D eigenvalue weighted by molar-refractivity contribution is -0.116. The molecule has 0 spiro atoms. The van der Waals surface area contributed by atoms with E-state index in [1.165, 1.54) is 28.4 Å². The summed E-state index contributed by atoms with van der Waals surface area (Å²) in [5, 5.41) is 6.72. The number of benzene rings is 2. The van der Waals surface area contributed by atoms with Gasteiger partial charge in [-0.1, -0.05) is 35.9 Å². The molecule has 0 saturated carbocycles. The van der Waals surface area contributed by atoms with Crippen molar-refractivity contribution in [1.29, 1.82) is 0 Å². The molecular formula is C32H34FN5OS. The fourth-order valence-corrected chi connectivity index (χ4v) is 6.27. The number of nitrogens with one attached hydrogen (secondary N) is 2. The van der Waals surface area contributed by atoms with Gasteiger partial charge in [-0.15, -0.1) is 0 Å². The molecule has 2 atom stereocenters. The van der Waals surface area contributed by atoms with Gasteiger partial charge in [0.15, 0.2) is 5.11 Å². The Labute approximate surface area is 240 Å². The predicted molar refractivity (Wildman–Crippen MR) is 161 cm³/mol. The summed E-state index contributed by atoms with van der Waals surface area (Å²) in [6.45, 7) is 11.0. The summed E-state index contributed by atoms with van der Waals surface area (Å²) in [5.41, 5.74) is 9.26. The molecule has 0 unspecified atom stereocenters. The average Bonchev–Trinajstić information content (AvgIpc) is 3.39. The van der Waals surface area contributed by atoms with Crippen molar-refractivity contribution >= 4 is 28.9 Å². The number of thiocarbonyl (C=S) groups is 1. The standard InChI is InChI=1S/C32H34FN5OS/c1-19-16-20(2)30(21(3)17-19)38-22(4)18-24(23(38)5)31-29(27-12-8-9-14-34-27)36-32(40)37(31)15-13-28(39)35-26-11-7-6-10-25(26)33/h6-12,14,16-18,29,31H,13,15H2,1-5H3,(H,35,39)(H,36,40)/t29-,31+/m0/s1. The molecule has 0 aliphatic carbocycles. The first kappa shape index (κ1) is 27.5. The van der Waals surface area contributed by atoms with E-state index in [-0.39, 0.29) is 30.1 Å². The van der Waals surface area contributed by atoms with Gasteiger partial charge in [0, 0.05) is 30.6 Å². The molecule has 40 heavy (non-hydrogen) atoms. The number of halogens is 1. The molecule has 1 aliphatic rings. The van der Waals surface area contributed by atoms with Gasteiger partial charge < -0.3 is 20.1 Å². The van der Waals surface area contributed by atoms with E-state index in [1.54, 1.807) is 24.4 Å². The fourth-order valence-electron chi connectivity index (χ4n) is 5.94. The first-order valence-corrected chi connectivity index (χ1v) is 13.9. The van der Waals surface area contributed by atoms with Crippen LogP contribution in [0.2, 0.25) is 0 Å². The first-order chi connectivity index (χ1) is 19.2. The van der Waals surface area contributed by atoms with Crippen molar-refractivity contribution in [2.75, 3.05) is 11.9 Å². The molecule has 1 aliphatic heterocycles. The predicted octanol–water partition coefficient (Wildman–Crippen LogP) is 6.55. The van der Waals surface area contributed by atoms with Crippen LogP contribution >= 0.6 is 12.2 Å². The highest BCUT2D eigenvalue weighted by atomic mass is 32.1. The lowest BCUT2D eigenvalue weighted by Gasteiger charge is -2.28. The highest BCUT2D eigenvalue weighted by Crippen LogP contribution is 2.42. The van der Waals surface area contributed by atoms with E-state index in [0.717, 1.165) is 22.6 Å². The van der Waals surface area contributed by atoms with E-state index in [9.17, 15) is 9.18 Å². The lowest BCUT2D eigenvalue weighted by Crippen LogP contribution is -2.33. The van der Waals surface area contributed by atoms with Crippen LogP contribution in [0.3, 0.4) is 0 Å². The molecule has 1 saturated heterocycles. The number of aryl methyl sites for hydroxylation is 4. The van der Waals surface area contributed by atoms with E-state index < -0.39 is 5.82 Å². The van der Waals surface area contributed by atoms with Gasteiger partial charge >= 0.3 is 0 Å². The molecule has 4 aromatic rings. The van der Waals surface area contributed by atoms with E-state index in [0.29, 0.717) is 11.7 Å². The van der Waals surface area contributed by atoms with E-state index in [4.69, 9.17) is 12.2 Å². The van der Waals surface area contributed by atoms with Gasteiger partial charge in [-0.05, 0) is 93.9 Å². The number of hydrogen-bond acceptors (Lipinski definition) is 3. The SMILES string of the molecule is Cc1cc(C)c(-n2c(C)cc([C@@H]3[C@H](c4ccccn4)NC(=S)N3CCC(=O)Nc3ccccc3F)c2C)c(C)c1. The minimum Gasteiger partial charge on any atom is -0.352 e. The van der Waals surface area contributed by atoms with Gasteiger partial charge in [0.25, 0.3) is 0 Å². The van der Waals surface area contributed by atoms with Crippen LogP contribution < -0.4 is 10.6 Å². The van der Waals surface area contributed by atoms with Crippen LogP contribution in [0.5, 0.6) is 0 Å². The smallest absolute Gasteiger partial charge is 0.226 e. The first-order valence-electron chi connectivity index (χ1n) is 13.4. The molecule has 5 rings (SSSR count). The zero-order valence-electron chi connectivity index (χ0n) is 23.5. The number of rotatable bonds is 7. The molecule has 0 radical (unpaired) electrons. The maximum absolute atomic E-state index is 14.1. The summed E-state index contributed by atoms with van der Waals surface area (Å²) < 4.78 is 16.4. The number of pyridine rings is 1. The monoisotopic (exact) mass is 555 g/mol. The van der Waals surface area contributed by atoms with Crippen molar-refractivity contribution in [3.05, 3.63) is 112 Å². The van der Waals surface area contributed by atoms with Crippen LogP contribution in [-0.4, -0.2) is 32.0 Å². The Balaban J connectivity index is 1.51. The van der Waals surface area contributed by atoms with Crippen molar-refractivity contribution in [2.24, 2.45) is 0 Å². The lowest BCUT2D eigenvalue weighted by atomic mass is 9.96. The molecule has 0 bridgehead atoms. The quantitative estimate of drug-likeness (QED) is 0.253. The Morgan fingerprint density at radius 1 is 1.02 bits per heavy atom. The molecule has 1 fully saturated rings. The number of amides is 1. The third-order valence-electron chi connectivity index (χ3n) is 7.57. The summed E-state index contributed by atoms with van der Waals surface area (Å²) in [6, 6.07) is 18.3. The Kier molecular flexibility index (Phi) is 7.72. The molecule has 1 amide bonds. The van der Waals surface area contributed by atoms with Gasteiger partial charge in [0.1, 0.15) is 5.82 Å². The molecule has 6 nitrogen and oxygen atoms in total. The maximum Gasteiger partial charge on any atom is 0.226 e. The second-order valence-electron chi connectivity index (χ2n) is 10.5. The minimum atomic E-state index is -0.462. The van der Waals surface area contributed by atoms with Crippen molar-refractivity contribution in [3.63, 3.8) is 0 Å². The molecule has 8 heteroatoms. The fraction of sp³-hybridized carbons (Fsp3) is 0.281. The number of para-hydroxylation sites is 1. The van der Waals surface area contributed by atoms with Crippen molar-refractivity contribution in [3.8, 4) is 5.69 Å². The zero-order valence-corrected chi connectivity index (χ0v) is 24.3. The Morgan fingerprint density at radius 2 is 1.73 bits per heavy atom. The second kappa shape index (κ2) is 11.2. The normalized spacial score (nSPS) is 16.8. The second-order valence-corrected chi connectivity index (χ2v) is 10.9. The Hall–Kier alpha value is -4.04. The van der Waals surface area contributed by atoms with Crippen molar-refractivity contribution < 1.29 is 9.18 Å². The summed E-state index contributed by atoms with van der Waals surface area (Å²) in [7, 11) is 0. The van der Waals surface area contributed by atoms with Crippen LogP contribution in [0.15, 0.2) is 66.9 Å². The topological polar surface area (TPSA) is 62.2 Å². The van der Waals surface area contributed by atoms with E-state index >= 15 is 0 Å². The Morgan fingerprint density at radius 3 is 2.40 bits per heavy atom. The van der Waals surface area contributed by atoms with Gasteiger partial charge in [0.05, 0.1) is 29.2 Å². The third kappa shape index (κ3) is 5.23. The van der Waals surface area contributed by atoms with Gasteiger partial charge in [-0.25, -0.2) is 4.39 Å². The van der Waals surface area contributed by atoms with Crippen LogP contribution in [0.25, 0.3) is 5.69 Å². The molecule has 2 aromatic heterocycles. The number of carbonyl (C=O) groups is 1. The Bertz CT molecular complexity index is 1560. The summed E-state index contributed by atoms with van der Waals surface area (Å²) in [4.78, 5) is 19.6. The summed E-state index contributed by atoms with van der Waals surface area (Å²) in [5.74, 6) is -0.735. The highest BCUT2D eigenvalue weighted by molar-refractivity contribution is 7.80. The number of aromatic nitrogens is 2. The molecule has 2 N–H and O–H groups in total. The van der Waals surface area contributed by atoms with Gasteiger partial charge in [-0.3, -0.25) is 9.78 Å². The number of nitrogens with zero attached hydrogens (tertiary/aromatic N) is 3. The van der Waals surface area contributed by atoms with E-state index in [2.05, 4.69) is 77.9 Å². The number of hydrogen-bond donors (Lipinski definition) is 2. The van der Waals surface area contributed by atoms with Gasteiger partial charge in [0.2, 0.25) is 5.91 Å². The molecule has 206 valence electrons. The summed E-state index contributed by atoms with van der Waals surface area (Å²) >= 11 is 5.82. The van der Waals surface area contributed by atoms with Crippen LogP contribution in [0, 0.1) is 40.4 Å². The van der Waals surface area contributed by atoms with Crippen LogP contribution in [0.1, 0.15) is 57.8 Å². The molecule has 2 aromatic carbocycles. The van der Waals surface area contributed by atoms with Gasteiger partial charge in [-0.2, -0.15) is 0 Å². The summed E-state index contributed by atoms with van der Waals surface area (Å²) in [6.07, 6.45) is 1.93. The number of anilines is 1. The van der Waals surface area contributed by atoms with Crippen LogP contribution in [0.4, 0.5) is 10.1 Å². The maximum atomic E-state index is 14.1. The highest BCUT2D eigenvalue weighted by Gasteiger charge is 2.41. The molecule has 3 heterocycles. The van der Waals surface area contributed by atoms with Crippen molar-refractivity contribution in [2.45, 2.75) is 53.1 Å².